The molecule has 0 aliphatic rings. The second-order valence-corrected chi connectivity index (χ2v) is 5.17. The lowest BCUT2D eigenvalue weighted by Crippen LogP contribution is -2.36. The molecule has 0 aliphatic carbocycles. The van der Waals surface area contributed by atoms with Gasteiger partial charge in [-0.05, 0) is 44.4 Å². The molecule has 0 spiro atoms. The minimum absolute atomic E-state index is 0.308. The zero-order chi connectivity index (χ0) is 11.8. The second-order valence-electron chi connectivity index (χ2n) is 4.38. The predicted octanol–water partition coefficient (Wildman–Crippen LogP) is 2.83. The smallest absolute Gasteiger partial charge is 0.227 e. The molecule has 0 unspecified atom stereocenters. The van der Waals surface area contributed by atoms with Gasteiger partial charge in [-0.2, -0.15) is 0 Å². The van der Waals surface area contributed by atoms with Crippen molar-refractivity contribution >= 4 is 21.8 Å². The molecule has 0 aromatic heterocycles. The van der Waals surface area contributed by atoms with Crippen molar-refractivity contribution < 1.29 is 4.79 Å². The lowest BCUT2D eigenvalue weighted by Gasteiger charge is -2.25. The summed E-state index contributed by atoms with van der Waals surface area (Å²) in [7, 11) is 0. The maximum absolute atomic E-state index is 11.4. The molecule has 3 heteroatoms. The zero-order valence-electron chi connectivity index (χ0n) is 9.52. The molecular formula is C12H16BrNO. The van der Waals surface area contributed by atoms with Crippen molar-refractivity contribution in [1.82, 2.24) is 0 Å². The van der Waals surface area contributed by atoms with E-state index in [2.05, 4.69) is 15.9 Å². The maximum Gasteiger partial charge on any atom is 0.227 e. The van der Waals surface area contributed by atoms with Crippen molar-refractivity contribution in [2.24, 2.45) is 5.73 Å². The number of amides is 1. The number of carbonyl (C=O) groups excluding carboxylic acids is 1. The Hall–Kier alpha value is -0.830. The molecule has 1 rings (SSSR count). The number of halogens is 1. The van der Waals surface area contributed by atoms with Gasteiger partial charge in [-0.1, -0.05) is 28.1 Å². The summed E-state index contributed by atoms with van der Waals surface area (Å²) in [5.74, 6) is -0.308. The molecule has 0 heterocycles. The van der Waals surface area contributed by atoms with Crippen molar-refractivity contribution in [3.8, 4) is 0 Å². The summed E-state index contributed by atoms with van der Waals surface area (Å²) < 4.78 is 0.978. The van der Waals surface area contributed by atoms with Crippen molar-refractivity contribution in [2.45, 2.75) is 33.1 Å². The van der Waals surface area contributed by atoms with Gasteiger partial charge in [-0.3, -0.25) is 4.79 Å². The maximum atomic E-state index is 11.4. The number of nitrogens with two attached hydrogens (primary N) is 1. The fourth-order valence-corrected chi connectivity index (χ4v) is 2.61. The van der Waals surface area contributed by atoms with Gasteiger partial charge in [0.1, 0.15) is 0 Å². The molecular weight excluding hydrogens is 254 g/mol. The first kappa shape index (κ1) is 12.2. The molecule has 0 saturated carbocycles. The van der Waals surface area contributed by atoms with E-state index < -0.39 is 5.41 Å². The highest BCUT2D eigenvalue weighted by atomic mass is 79.9. The van der Waals surface area contributed by atoms with Crippen molar-refractivity contribution in [3.63, 3.8) is 0 Å². The van der Waals surface area contributed by atoms with Crippen LogP contribution >= 0.6 is 15.9 Å². The van der Waals surface area contributed by atoms with Gasteiger partial charge in [0.15, 0.2) is 0 Å². The number of benzene rings is 1. The van der Waals surface area contributed by atoms with E-state index in [-0.39, 0.29) is 5.91 Å². The fraction of sp³-hybridized carbons (Fsp3) is 0.417. The van der Waals surface area contributed by atoms with Crippen LogP contribution in [-0.4, -0.2) is 5.91 Å². The van der Waals surface area contributed by atoms with Gasteiger partial charge in [0.25, 0.3) is 0 Å². The lowest BCUT2D eigenvalue weighted by molar-refractivity contribution is -0.122. The minimum Gasteiger partial charge on any atom is -0.369 e. The van der Waals surface area contributed by atoms with Crippen LogP contribution in [0, 0.1) is 13.8 Å². The summed E-state index contributed by atoms with van der Waals surface area (Å²) in [5.41, 5.74) is 7.96. The summed E-state index contributed by atoms with van der Waals surface area (Å²) in [6.07, 6.45) is 0. The largest absolute Gasteiger partial charge is 0.369 e. The zero-order valence-corrected chi connectivity index (χ0v) is 11.1. The Morgan fingerprint density at radius 2 is 1.73 bits per heavy atom. The molecule has 1 amide bonds. The van der Waals surface area contributed by atoms with E-state index in [0.717, 1.165) is 21.2 Å². The van der Waals surface area contributed by atoms with E-state index in [9.17, 15) is 4.79 Å². The van der Waals surface area contributed by atoms with E-state index in [1.54, 1.807) is 0 Å². The molecule has 2 N–H and O–H groups in total. The summed E-state index contributed by atoms with van der Waals surface area (Å²) >= 11 is 3.53. The number of rotatable bonds is 2. The molecule has 0 radical (unpaired) electrons. The van der Waals surface area contributed by atoms with Crippen molar-refractivity contribution in [2.75, 3.05) is 0 Å². The Bertz CT molecular complexity index is 410. The topological polar surface area (TPSA) is 43.1 Å². The van der Waals surface area contributed by atoms with Crippen LogP contribution < -0.4 is 5.73 Å². The summed E-state index contributed by atoms with van der Waals surface area (Å²) in [6, 6.07) is 4.04. The average Bonchev–Trinajstić information content (AvgIpc) is 2.11. The van der Waals surface area contributed by atoms with Gasteiger partial charge in [0.05, 0.1) is 5.41 Å². The van der Waals surface area contributed by atoms with E-state index in [0.29, 0.717) is 0 Å². The highest BCUT2D eigenvalue weighted by Crippen LogP contribution is 2.34. The molecule has 0 saturated heterocycles. The van der Waals surface area contributed by atoms with Crippen LogP contribution in [0.3, 0.4) is 0 Å². The van der Waals surface area contributed by atoms with Crippen LogP contribution in [0.25, 0.3) is 0 Å². The quantitative estimate of drug-likeness (QED) is 0.882. The third-order valence-corrected chi connectivity index (χ3v) is 3.81. The molecule has 0 aliphatic heterocycles. The second kappa shape index (κ2) is 3.97. The van der Waals surface area contributed by atoms with Crippen LogP contribution in [-0.2, 0) is 10.2 Å². The fourth-order valence-electron chi connectivity index (χ4n) is 1.67. The summed E-state index contributed by atoms with van der Waals surface area (Å²) in [4.78, 5) is 11.4. The summed E-state index contributed by atoms with van der Waals surface area (Å²) in [5, 5.41) is 0. The predicted molar refractivity (Wildman–Crippen MR) is 65.8 cm³/mol. The Morgan fingerprint density at radius 1 is 1.27 bits per heavy atom. The van der Waals surface area contributed by atoms with E-state index in [1.807, 2.05) is 39.8 Å². The summed E-state index contributed by atoms with van der Waals surface area (Å²) in [6.45, 7) is 7.69. The van der Waals surface area contributed by atoms with E-state index in [1.165, 1.54) is 0 Å². The molecule has 15 heavy (non-hydrogen) atoms. The Morgan fingerprint density at radius 3 is 2.20 bits per heavy atom. The third-order valence-electron chi connectivity index (χ3n) is 2.78. The number of hydrogen-bond donors (Lipinski definition) is 1. The molecule has 0 bridgehead atoms. The minimum atomic E-state index is -0.644. The molecule has 2 nitrogen and oxygen atoms in total. The lowest BCUT2D eigenvalue weighted by atomic mass is 9.81. The van der Waals surface area contributed by atoms with E-state index in [4.69, 9.17) is 5.73 Å². The monoisotopic (exact) mass is 269 g/mol. The Kier molecular flexibility index (Phi) is 3.24. The van der Waals surface area contributed by atoms with Crippen molar-refractivity contribution in [1.29, 1.82) is 0 Å². The Balaban J connectivity index is 3.49. The number of hydrogen-bond acceptors (Lipinski definition) is 1. The van der Waals surface area contributed by atoms with Gasteiger partial charge < -0.3 is 5.73 Å². The third kappa shape index (κ3) is 2.07. The van der Waals surface area contributed by atoms with E-state index >= 15 is 0 Å². The van der Waals surface area contributed by atoms with Gasteiger partial charge in [0, 0.05) is 4.47 Å². The standard InChI is InChI=1S/C12H16BrNO/c1-7-5-6-8(2)10(13)9(7)12(3,4)11(14)15/h5-6H,1-4H3,(H2,14,15). The highest BCUT2D eigenvalue weighted by Gasteiger charge is 2.31. The van der Waals surface area contributed by atoms with Crippen LogP contribution in [0.5, 0.6) is 0 Å². The number of primary amides is 1. The van der Waals surface area contributed by atoms with Gasteiger partial charge in [0.2, 0.25) is 5.91 Å². The first-order valence-electron chi connectivity index (χ1n) is 4.84. The number of carbonyl (C=O) groups is 1. The Labute approximate surface area is 99.0 Å². The normalized spacial score (nSPS) is 11.5. The first-order valence-corrected chi connectivity index (χ1v) is 5.64. The molecule has 1 aromatic carbocycles. The highest BCUT2D eigenvalue weighted by molar-refractivity contribution is 9.10. The van der Waals surface area contributed by atoms with Crippen LogP contribution in [0.1, 0.15) is 30.5 Å². The van der Waals surface area contributed by atoms with Crippen LogP contribution in [0.15, 0.2) is 16.6 Å². The number of aryl methyl sites for hydroxylation is 2. The van der Waals surface area contributed by atoms with Crippen LogP contribution in [0.2, 0.25) is 0 Å². The first-order chi connectivity index (χ1) is 6.78. The molecule has 0 atom stereocenters. The molecule has 0 fully saturated rings. The molecule has 1 aromatic rings. The average molecular weight is 270 g/mol. The molecule has 82 valence electrons. The van der Waals surface area contributed by atoms with Crippen molar-refractivity contribution in [3.05, 3.63) is 33.3 Å². The van der Waals surface area contributed by atoms with Crippen LogP contribution in [0.4, 0.5) is 0 Å². The van der Waals surface area contributed by atoms with Gasteiger partial charge >= 0.3 is 0 Å². The van der Waals surface area contributed by atoms with Gasteiger partial charge in [-0.15, -0.1) is 0 Å². The SMILES string of the molecule is Cc1ccc(C)c(C(C)(C)C(N)=O)c1Br. The van der Waals surface area contributed by atoms with Gasteiger partial charge in [-0.25, -0.2) is 0 Å².